The summed E-state index contributed by atoms with van der Waals surface area (Å²) in [6.45, 7) is 12.4. The number of nitrogens with one attached hydrogen (secondary N) is 3. The van der Waals surface area contributed by atoms with E-state index in [9.17, 15) is 19.2 Å². The molecule has 3 atom stereocenters. The molecule has 1 rings (SSSR count). The fraction of sp³-hybridized carbons (Fsp3) is 0.538. The van der Waals surface area contributed by atoms with Gasteiger partial charge in [0.2, 0.25) is 5.91 Å². The molecule has 35 heavy (non-hydrogen) atoms. The van der Waals surface area contributed by atoms with E-state index in [0.29, 0.717) is 12.0 Å². The van der Waals surface area contributed by atoms with Gasteiger partial charge in [-0.3, -0.25) is 9.59 Å². The first kappa shape index (κ1) is 29.7. The van der Waals surface area contributed by atoms with Crippen LogP contribution in [0.2, 0.25) is 0 Å². The maximum Gasteiger partial charge on any atom is 0.408 e. The highest BCUT2D eigenvalue weighted by molar-refractivity contribution is 6.03. The van der Waals surface area contributed by atoms with Crippen LogP contribution in [-0.4, -0.2) is 48.7 Å². The fourth-order valence-corrected chi connectivity index (χ4v) is 3.07. The van der Waals surface area contributed by atoms with Gasteiger partial charge < -0.3 is 25.4 Å². The van der Waals surface area contributed by atoms with Crippen molar-refractivity contribution in [3.63, 3.8) is 0 Å². The Balaban J connectivity index is 3.23. The van der Waals surface area contributed by atoms with Gasteiger partial charge in [-0.15, -0.1) is 0 Å². The lowest BCUT2D eigenvalue weighted by molar-refractivity contribution is -0.146. The Bertz CT molecular complexity index is 905. The Morgan fingerprint density at radius 2 is 1.57 bits per heavy atom. The molecule has 0 aliphatic carbocycles. The second kappa shape index (κ2) is 13.5. The minimum atomic E-state index is -0.970. The monoisotopic (exact) mass is 489 g/mol. The molecule has 0 bridgehead atoms. The summed E-state index contributed by atoms with van der Waals surface area (Å²) in [6.07, 6.45) is 1.38. The second-order valence-electron chi connectivity index (χ2n) is 9.69. The van der Waals surface area contributed by atoms with Gasteiger partial charge in [0.1, 0.15) is 23.4 Å². The Morgan fingerprint density at radius 1 is 0.971 bits per heavy atom. The number of benzene rings is 1. The number of amides is 3. The first-order valence-electron chi connectivity index (χ1n) is 11.7. The van der Waals surface area contributed by atoms with Crippen LogP contribution in [0.15, 0.2) is 36.0 Å². The average Bonchev–Trinajstić information content (AvgIpc) is 2.78. The third-order valence-electron chi connectivity index (χ3n) is 5.19. The zero-order valence-electron chi connectivity index (χ0n) is 21.9. The van der Waals surface area contributed by atoms with Gasteiger partial charge >= 0.3 is 12.1 Å². The number of alkyl carbamates (subject to hydrolysis) is 1. The SMILES string of the molecule is CC[C@H](C)[C@H](NC(=O)/C(=C/c1ccccc1)NC(=O)[C@@H](NC(=O)OC(C)(C)C)C(C)C)C(=O)OC. The van der Waals surface area contributed by atoms with Crippen molar-refractivity contribution >= 4 is 30.0 Å². The molecule has 0 aromatic heterocycles. The summed E-state index contributed by atoms with van der Waals surface area (Å²) in [5.74, 6) is -2.33. The van der Waals surface area contributed by atoms with Crippen LogP contribution in [0.1, 0.15) is 60.5 Å². The van der Waals surface area contributed by atoms with E-state index in [1.807, 2.05) is 19.9 Å². The number of hydrogen-bond acceptors (Lipinski definition) is 6. The van der Waals surface area contributed by atoms with Crippen molar-refractivity contribution in [1.82, 2.24) is 16.0 Å². The maximum absolute atomic E-state index is 13.2. The summed E-state index contributed by atoms with van der Waals surface area (Å²) in [4.78, 5) is 51.0. The van der Waals surface area contributed by atoms with Crippen LogP contribution in [0.25, 0.3) is 6.08 Å². The van der Waals surface area contributed by atoms with Gasteiger partial charge in [0.05, 0.1) is 7.11 Å². The summed E-state index contributed by atoms with van der Waals surface area (Å²) >= 11 is 0. The lowest BCUT2D eigenvalue weighted by atomic mass is 9.99. The van der Waals surface area contributed by atoms with Crippen molar-refractivity contribution in [1.29, 1.82) is 0 Å². The van der Waals surface area contributed by atoms with Crippen molar-refractivity contribution < 1.29 is 28.7 Å². The Kier molecular flexibility index (Phi) is 11.5. The average molecular weight is 490 g/mol. The van der Waals surface area contributed by atoms with Gasteiger partial charge in [-0.05, 0) is 44.2 Å². The molecule has 9 nitrogen and oxygen atoms in total. The number of ether oxygens (including phenoxy) is 2. The van der Waals surface area contributed by atoms with Gasteiger partial charge in [0.25, 0.3) is 5.91 Å². The molecule has 1 aromatic rings. The topological polar surface area (TPSA) is 123 Å². The minimum Gasteiger partial charge on any atom is -0.467 e. The Labute approximate surface area is 208 Å². The normalized spacial score (nSPS) is 14.4. The highest BCUT2D eigenvalue weighted by Gasteiger charge is 2.31. The first-order chi connectivity index (χ1) is 16.3. The molecule has 0 saturated heterocycles. The molecule has 1 aromatic carbocycles. The largest absolute Gasteiger partial charge is 0.467 e. The molecule has 3 amide bonds. The molecule has 194 valence electrons. The van der Waals surface area contributed by atoms with Crippen LogP contribution in [0.5, 0.6) is 0 Å². The van der Waals surface area contributed by atoms with Crippen LogP contribution in [0, 0.1) is 11.8 Å². The van der Waals surface area contributed by atoms with E-state index in [-0.39, 0.29) is 17.5 Å². The summed E-state index contributed by atoms with van der Waals surface area (Å²) in [5, 5.41) is 7.87. The Hall–Kier alpha value is -3.36. The molecular weight excluding hydrogens is 450 g/mol. The number of methoxy groups -OCH3 is 1. The number of esters is 1. The summed E-state index contributed by atoms with van der Waals surface area (Å²) in [7, 11) is 1.25. The quantitative estimate of drug-likeness (QED) is 0.342. The zero-order chi connectivity index (χ0) is 26.8. The summed E-state index contributed by atoms with van der Waals surface area (Å²) in [6, 6.07) is 7.08. The van der Waals surface area contributed by atoms with E-state index in [2.05, 4.69) is 16.0 Å². The van der Waals surface area contributed by atoms with Crippen molar-refractivity contribution in [2.45, 2.75) is 72.6 Å². The van der Waals surface area contributed by atoms with Crippen molar-refractivity contribution in [2.75, 3.05) is 7.11 Å². The maximum atomic E-state index is 13.2. The molecule has 0 saturated carbocycles. The molecule has 0 unspecified atom stereocenters. The van der Waals surface area contributed by atoms with Crippen molar-refractivity contribution in [2.24, 2.45) is 11.8 Å². The number of carbonyl (C=O) groups is 4. The molecule has 0 aliphatic rings. The predicted octanol–water partition coefficient (Wildman–Crippen LogP) is 3.40. The molecule has 0 radical (unpaired) electrons. The van der Waals surface area contributed by atoms with Gasteiger partial charge in [-0.1, -0.05) is 64.4 Å². The van der Waals surface area contributed by atoms with Crippen molar-refractivity contribution in [3.8, 4) is 0 Å². The third-order valence-corrected chi connectivity index (χ3v) is 5.19. The van der Waals surface area contributed by atoms with Crippen LogP contribution in [0.4, 0.5) is 4.79 Å². The van der Waals surface area contributed by atoms with Gasteiger partial charge in [0.15, 0.2) is 0 Å². The van der Waals surface area contributed by atoms with E-state index in [0.717, 1.165) is 0 Å². The van der Waals surface area contributed by atoms with E-state index in [1.54, 1.807) is 58.9 Å². The molecule has 0 heterocycles. The zero-order valence-corrected chi connectivity index (χ0v) is 21.9. The molecule has 9 heteroatoms. The second-order valence-corrected chi connectivity index (χ2v) is 9.69. The van der Waals surface area contributed by atoms with Gasteiger partial charge in [-0.25, -0.2) is 9.59 Å². The lowest BCUT2D eigenvalue weighted by Crippen LogP contribution is -2.53. The number of rotatable bonds is 10. The van der Waals surface area contributed by atoms with Gasteiger partial charge in [-0.2, -0.15) is 0 Å². The summed E-state index contributed by atoms with van der Waals surface area (Å²) < 4.78 is 10.1. The molecule has 0 aliphatic heterocycles. The van der Waals surface area contributed by atoms with E-state index in [4.69, 9.17) is 9.47 Å². The highest BCUT2D eigenvalue weighted by Crippen LogP contribution is 2.13. The van der Waals surface area contributed by atoms with Crippen LogP contribution in [0.3, 0.4) is 0 Å². The fourth-order valence-electron chi connectivity index (χ4n) is 3.07. The predicted molar refractivity (Wildman–Crippen MR) is 134 cm³/mol. The Morgan fingerprint density at radius 3 is 2.06 bits per heavy atom. The van der Waals surface area contributed by atoms with E-state index >= 15 is 0 Å². The molecule has 0 spiro atoms. The van der Waals surface area contributed by atoms with Crippen molar-refractivity contribution in [3.05, 3.63) is 41.6 Å². The van der Waals surface area contributed by atoms with E-state index < -0.39 is 41.6 Å². The van der Waals surface area contributed by atoms with Crippen LogP contribution in [-0.2, 0) is 23.9 Å². The minimum absolute atomic E-state index is 0.0740. The van der Waals surface area contributed by atoms with E-state index in [1.165, 1.54) is 13.2 Å². The molecule has 3 N–H and O–H groups in total. The summed E-state index contributed by atoms with van der Waals surface area (Å²) in [5.41, 5.74) is -0.147. The van der Waals surface area contributed by atoms with Crippen LogP contribution >= 0.6 is 0 Å². The van der Waals surface area contributed by atoms with Crippen LogP contribution < -0.4 is 16.0 Å². The number of carbonyl (C=O) groups excluding carboxylic acids is 4. The lowest BCUT2D eigenvalue weighted by Gasteiger charge is -2.26. The molecular formula is C26H39N3O6. The highest BCUT2D eigenvalue weighted by atomic mass is 16.6. The number of hydrogen-bond donors (Lipinski definition) is 3. The van der Waals surface area contributed by atoms with Gasteiger partial charge in [0, 0.05) is 0 Å². The first-order valence-corrected chi connectivity index (χ1v) is 11.7. The standard InChI is InChI=1S/C26H39N3O6/c1-9-17(4)21(24(32)34-8)28-22(30)19(15-18-13-11-10-12-14-18)27-23(31)20(16(2)3)29-25(33)35-26(5,6)7/h10-17,20-21H,9H2,1-8H3,(H,27,31)(H,28,30)(H,29,33)/b19-15-/t17-,20-,21-/m0/s1. The molecule has 0 fully saturated rings. The smallest absolute Gasteiger partial charge is 0.408 e. The third kappa shape index (κ3) is 10.2.